The molecule has 0 amide bonds. The summed E-state index contributed by atoms with van der Waals surface area (Å²) in [4.78, 5) is 0. The van der Waals surface area contributed by atoms with Gasteiger partial charge in [0.15, 0.2) is 0 Å². The maximum Gasteiger partial charge on any atom is 0.0847 e. The van der Waals surface area contributed by atoms with Gasteiger partial charge in [-0.2, -0.15) is 5.10 Å². The number of rotatable bonds is 5. The molecular weight excluding hydrogens is 264 g/mol. The van der Waals surface area contributed by atoms with Gasteiger partial charge >= 0.3 is 0 Å². The predicted octanol–water partition coefficient (Wildman–Crippen LogP) is 1.66. The third-order valence-corrected chi connectivity index (χ3v) is 4.41. The molecule has 3 N–H and O–H groups in total. The van der Waals surface area contributed by atoms with Crippen LogP contribution >= 0.6 is 11.6 Å². The smallest absolute Gasteiger partial charge is 0.0847 e. The Morgan fingerprint density at radius 1 is 1.63 bits per heavy atom. The molecule has 2 rings (SSSR count). The number of hydrazine groups is 1. The summed E-state index contributed by atoms with van der Waals surface area (Å²) in [5.41, 5.74) is 4.79. The van der Waals surface area contributed by atoms with Crippen LogP contribution in [0.4, 0.5) is 0 Å². The normalized spacial score (nSPS) is 24.9. The van der Waals surface area contributed by atoms with Gasteiger partial charge in [-0.25, -0.2) is 0 Å². The maximum absolute atomic E-state index is 6.34. The Balaban J connectivity index is 2.18. The number of nitrogens with zero attached hydrogens (tertiary/aromatic N) is 2. The second-order valence-electron chi connectivity index (χ2n) is 5.24. The molecule has 0 bridgehead atoms. The van der Waals surface area contributed by atoms with Crippen molar-refractivity contribution in [2.75, 3.05) is 6.61 Å². The minimum absolute atomic E-state index is 0.0661. The van der Waals surface area contributed by atoms with E-state index in [0.717, 1.165) is 42.4 Å². The second-order valence-corrected chi connectivity index (χ2v) is 5.62. The van der Waals surface area contributed by atoms with Crippen molar-refractivity contribution in [2.45, 2.75) is 52.3 Å². The molecule has 1 fully saturated rings. The van der Waals surface area contributed by atoms with E-state index in [-0.39, 0.29) is 12.1 Å². The first kappa shape index (κ1) is 14.8. The summed E-state index contributed by atoms with van der Waals surface area (Å²) in [6.45, 7) is 7.81. The van der Waals surface area contributed by atoms with Gasteiger partial charge in [0.25, 0.3) is 0 Å². The highest BCUT2D eigenvalue weighted by molar-refractivity contribution is 6.31. The molecule has 108 valence electrons. The third-order valence-electron chi connectivity index (χ3n) is 3.92. The first-order chi connectivity index (χ1) is 9.08. The minimum Gasteiger partial charge on any atom is -0.376 e. The van der Waals surface area contributed by atoms with Crippen LogP contribution in [0, 0.1) is 12.8 Å². The lowest BCUT2D eigenvalue weighted by Gasteiger charge is -2.25. The van der Waals surface area contributed by atoms with E-state index in [4.69, 9.17) is 22.2 Å². The molecular formula is C13H23ClN4O. The average Bonchev–Trinajstić information content (AvgIpc) is 2.93. The highest BCUT2D eigenvalue weighted by atomic mass is 35.5. The first-order valence-corrected chi connectivity index (χ1v) is 7.25. The lowest BCUT2D eigenvalue weighted by molar-refractivity contribution is 0.0604. The van der Waals surface area contributed by atoms with Gasteiger partial charge in [0.2, 0.25) is 0 Å². The number of ether oxygens (including phenoxy) is 1. The lowest BCUT2D eigenvalue weighted by atomic mass is 9.95. The minimum atomic E-state index is 0.0661. The van der Waals surface area contributed by atoms with Crippen molar-refractivity contribution in [1.82, 2.24) is 15.2 Å². The summed E-state index contributed by atoms with van der Waals surface area (Å²) in [5.74, 6) is 6.22. The van der Waals surface area contributed by atoms with Gasteiger partial charge in [0, 0.05) is 19.6 Å². The Bertz CT molecular complexity index is 435. The zero-order chi connectivity index (χ0) is 14.0. The zero-order valence-electron chi connectivity index (χ0n) is 11.8. The zero-order valence-corrected chi connectivity index (χ0v) is 12.6. The molecule has 1 aromatic rings. The predicted molar refractivity (Wildman–Crippen MR) is 76.0 cm³/mol. The van der Waals surface area contributed by atoms with Crippen LogP contribution in [0.5, 0.6) is 0 Å². The summed E-state index contributed by atoms with van der Waals surface area (Å²) >= 11 is 6.34. The van der Waals surface area contributed by atoms with Gasteiger partial charge in [0.1, 0.15) is 0 Å². The molecule has 1 aliphatic heterocycles. The van der Waals surface area contributed by atoms with E-state index < -0.39 is 0 Å². The Hall–Kier alpha value is -0.620. The van der Waals surface area contributed by atoms with Gasteiger partial charge in [-0.05, 0) is 26.2 Å². The van der Waals surface area contributed by atoms with E-state index in [2.05, 4.69) is 24.4 Å². The SMILES string of the molecule is CCn1nc(C)c(Cl)c1CC(NN)C1OCCC1C. The fourth-order valence-corrected chi connectivity index (χ4v) is 2.99. The topological polar surface area (TPSA) is 65.1 Å². The third kappa shape index (κ3) is 2.94. The van der Waals surface area contributed by atoms with Crippen LogP contribution < -0.4 is 11.3 Å². The summed E-state index contributed by atoms with van der Waals surface area (Å²) in [6, 6.07) is 0.0661. The van der Waals surface area contributed by atoms with Gasteiger partial charge in [0.05, 0.1) is 28.6 Å². The molecule has 1 aliphatic rings. The van der Waals surface area contributed by atoms with E-state index in [1.807, 2.05) is 11.6 Å². The number of halogens is 1. The molecule has 0 spiro atoms. The Labute approximate surface area is 119 Å². The Morgan fingerprint density at radius 3 is 2.89 bits per heavy atom. The standard InChI is InChI=1S/C13H23ClN4O/c1-4-18-11(12(14)9(3)17-18)7-10(16-15)13-8(2)5-6-19-13/h8,10,13,16H,4-7,15H2,1-3H3. The van der Waals surface area contributed by atoms with Gasteiger partial charge in [-0.15, -0.1) is 0 Å². The van der Waals surface area contributed by atoms with Crippen LogP contribution in [0.2, 0.25) is 5.02 Å². The van der Waals surface area contributed by atoms with Crippen LogP contribution in [0.3, 0.4) is 0 Å². The largest absolute Gasteiger partial charge is 0.376 e. The molecule has 0 aliphatic carbocycles. The summed E-state index contributed by atoms with van der Waals surface area (Å²) in [6.07, 6.45) is 1.96. The van der Waals surface area contributed by atoms with Crippen LogP contribution in [0.25, 0.3) is 0 Å². The van der Waals surface area contributed by atoms with E-state index in [1.165, 1.54) is 0 Å². The molecule has 6 heteroatoms. The molecule has 1 aromatic heterocycles. The highest BCUT2D eigenvalue weighted by Gasteiger charge is 2.32. The monoisotopic (exact) mass is 286 g/mol. The molecule has 0 aromatic carbocycles. The number of hydrogen-bond acceptors (Lipinski definition) is 4. The van der Waals surface area contributed by atoms with Crippen LogP contribution in [0.1, 0.15) is 31.7 Å². The Morgan fingerprint density at radius 2 is 2.37 bits per heavy atom. The lowest BCUT2D eigenvalue weighted by Crippen LogP contribution is -2.47. The van der Waals surface area contributed by atoms with Crippen molar-refractivity contribution >= 4 is 11.6 Å². The van der Waals surface area contributed by atoms with Crippen molar-refractivity contribution in [3.63, 3.8) is 0 Å². The maximum atomic E-state index is 6.34. The van der Waals surface area contributed by atoms with E-state index in [9.17, 15) is 0 Å². The van der Waals surface area contributed by atoms with E-state index >= 15 is 0 Å². The quantitative estimate of drug-likeness (QED) is 0.638. The second kappa shape index (κ2) is 6.22. The summed E-state index contributed by atoms with van der Waals surface area (Å²) in [5, 5.41) is 5.18. The molecule has 5 nitrogen and oxygen atoms in total. The number of aromatic nitrogens is 2. The highest BCUT2D eigenvalue weighted by Crippen LogP contribution is 2.27. The van der Waals surface area contributed by atoms with Gasteiger partial charge < -0.3 is 4.74 Å². The number of aryl methyl sites for hydroxylation is 2. The van der Waals surface area contributed by atoms with Crippen LogP contribution in [-0.4, -0.2) is 28.5 Å². The molecule has 2 heterocycles. The fraction of sp³-hybridized carbons (Fsp3) is 0.769. The van der Waals surface area contributed by atoms with E-state index in [0.29, 0.717) is 5.92 Å². The van der Waals surface area contributed by atoms with Crippen LogP contribution in [-0.2, 0) is 17.7 Å². The molecule has 3 unspecified atom stereocenters. The van der Waals surface area contributed by atoms with Crippen molar-refractivity contribution in [1.29, 1.82) is 0 Å². The number of nitrogens with two attached hydrogens (primary N) is 1. The molecule has 3 atom stereocenters. The first-order valence-electron chi connectivity index (χ1n) is 6.88. The Kier molecular flexibility index (Phi) is 4.84. The van der Waals surface area contributed by atoms with Crippen molar-refractivity contribution < 1.29 is 4.74 Å². The molecule has 0 radical (unpaired) electrons. The fourth-order valence-electron chi connectivity index (χ4n) is 2.77. The van der Waals surface area contributed by atoms with Crippen LogP contribution in [0.15, 0.2) is 0 Å². The van der Waals surface area contributed by atoms with E-state index in [1.54, 1.807) is 0 Å². The van der Waals surface area contributed by atoms with Crippen molar-refractivity contribution in [3.05, 3.63) is 16.4 Å². The molecule has 1 saturated heterocycles. The van der Waals surface area contributed by atoms with Gasteiger partial charge in [-0.1, -0.05) is 18.5 Å². The average molecular weight is 287 g/mol. The summed E-state index contributed by atoms with van der Waals surface area (Å²) < 4.78 is 7.74. The summed E-state index contributed by atoms with van der Waals surface area (Å²) in [7, 11) is 0. The molecule has 19 heavy (non-hydrogen) atoms. The number of hydrogen-bond donors (Lipinski definition) is 2. The van der Waals surface area contributed by atoms with Gasteiger partial charge in [-0.3, -0.25) is 16.0 Å². The van der Waals surface area contributed by atoms with Crippen molar-refractivity contribution in [3.8, 4) is 0 Å². The molecule has 0 saturated carbocycles. The number of nitrogens with one attached hydrogen (secondary N) is 1. The van der Waals surface area contributed by atoms with Crippen molar-refractivity contribution in [2.24, 2.45) is 11.8 Å².